The fourth-order valence-electron chi connectivity index (χ4n) is 2.34. The number of carbonyl (C=O) groups is 1. The lowest BCUT2D eigenvalue weighted by molar-refractivity contribution is 0.0105. The van der Waals surface area contributed by atoms with Crippen LogP contribution in [0.3, 0.4) is 0 Å². The van der Waals surface area contributed by atoms with Crippen molar-refractivity contribution in [3.8, 4) is 0 Å². The highest BCUT2D eigenvalue weighted by Crippen LogP contribution is 2.20. The zero-order valence-electron chi connectivity index (χ0n) is 13.0. The van der Waals surface area contributed by atoms with Crippen LogP contribution in [0.1, 0.15) is 31.9 Å². The Hall–Kier alpha value is -1.71. The lowest BCUT2D eigenvalue weighted by Crippen LogP contribution is -2.57. The summed E-state index contributed by atoms with van der Waals surface area (Å²) in [4.78, 5) is 13.6. The summed E-state index contributed by atoms with van der Waals surface area (Å²) in [5.74, 6) is 0. The normalized spacial score (nSPS) is 15.8. The van der Waals surface area contributed by atoms with Crippen molar-refractivity contribution in [2.24, 2.45) is 0 Å². The van der Waals surface area contributed by atoms with E-state index in [1.165, 1.54) is 11.1 Å². The predicted octanol–water partition coefficient (Wildman–Crippen LogP) is 3.33. The topological polar surface area (TPSA) is 41.6 Å². The number of benzene rings is 1. The van der Waals surface area contributed by atoms with Crippen LogP contribution in [-0.2, 0) is 4.74 Å². The summed E-state index contributed by atoms with van der Waals surface area (Å²) >= 11 is 0. The first-order chi connectivity index (χ1) is 9.23. The van der Waals surface area contributed by atoms with Gasteiger partial charge in [0.2, 0.25) is 0 Å². The van der Waals surface area contributed by atoms with Crippen LogP contribution in [0.15, 0.2) is 18.2 Å². The van der Waals surface area contributed by atoms with Crippen molar-refractivity contribution in [2.45, 2.75) is 46.3 Å². The van der Waals surface area contributed by atoms with Crippen molar-refractivity contribution >= 4 is 11.8 Å². The number of ether oxygens (including phenoxy) is 1. The molecule has 0 radical (unpaired) electrons. The molecule has 0 aliphatic carbocycles. The van der Waals surface area contributed by atoms with Crippen LogP contribution in [0, 0.1) is 13.8 Å². The second kappa shape index (κ2) is 5.35. The van der Waals surface area contributed by atoms with Gasteiger partial charge >= 0.3 is 6.09 Å². The van der Waals surface area contributed by atoms with Gasteiger partial charge in [-0.2, -0.15) is 0 Å². The largest absolute Gasteiger partial charge is 0.444 e. The van der Waals surface area contributed by atoms with Crippen LogP contribution < -0.4 is 5.32 Å². The smallest absolute Gasteiger partial charge is 0.410 e. The Morgan fingerprint density at radius 3 is 2.25 bits per heavy atom. The van der Waals surface area contributed by atoms with Crippen molar-refractivity contribution in [1.82, 2.24) is 4.90 Å². The van der Waals surface area contributed by atoms with Gasteiger partial charge in [-0.1, -0.05) is 6.07 Å². The lowest BCUT2D eigenvalue weighted by atomic mass is 10.1. The number of likely N-dealkylation sites (tertiary alicyclic amines) is 1. The fourth-order valence-corrected chi connectivity index (χ4v) is 2.34. The van der Waals surface area contributed by atoms with Crippen LogP contribution in [-0.4, -0.2) is 35.7 Å². The van der Waals surface area contributed by atoms with E-state index >= 15 is 0 Å². The maximum Gasteiger partial charge on any atom is 0.410 e. The average Bonchev–Trinajstić information content (AvgIpc) is 2.18. The summed E-state index contributed by atoms with van der Waals surface area (Å²) in [6.07, 6.45) is -0.226. The van der Waals surface area contributed by atoms with Gasteiger partial charge in [0, 0.05) is 18.8 Å². The standard InChI is InChI=1S/C16H24N2O2/c1-11-6-12(2)8-13(7-11)17-14-9-18(10-14)15(19)20-16(3,4)5/h6-8,14,17H,9-10H2,1-5H3. The van der Waals surface area contributed by atoms with Crippen LogP contribution in [0.5, 0.6) is 0 Å². The molecule has 1 aromatic carbocycles. The number of carbonyl (C=O) groups excluding carboxylic acids is 1. The Balaban J connectivity index is 1.83. The summed E-state index contributed by atoms with van der Waals surface area (Å²) in [6, 6.07) is 6.72. The molecule has 1 aliphatic heterocycles. The SMILES string of the molecule is Cc1cc(C)cc(NC2CN(C(=O)OC(C)(C)C)C2)c1. The summed E-state index contributed by atoms with van der Waals surface area (Å²) in [6.45, 7) is 11.2. The molecule has 0 unspecified atom stereocenters. The number of nitrogens with one attached hydrogen (secondary N) is 1. The minimum absolute atomic E-state index is 0.226. The van der Waals surface area contributed by atoms with Crippen molar-refractivity contribution < 1.29 is 9.53 Å². The Morgan fingerprint density at radius 2 is 1.75 bits per heavy atom. The molecule has 110 valence electrons. The fraction of sp³-hybridized carbons (Fsp3) is 0.562. The molecule has 0 saturated carbocycles. The third-order valence-electron chi connectivity index (χ3n) is 3.13. The third-order valence-corrected chi connectivity index (χ3v) is 3.13. The lowest BCUT2D eigenvalue weighted by Gasteiger charge is -2.40. The van der Waals surface area contributed by atoms with Crippen LogP contribution in [0.2, 0.25) is 0 Å². The van der Waals surface area contributed by atoms with E-state index in [9.17, 15) is 4.79 Å². The van der Waals surface area contributed by atoms with E-state index in [-0.39, 0.29) is 6.09 Å². The molecule has 1 fully saturated rings. The molecule has 1 N–H and O–H groups in total. The van der Waals surface area contributed by atoms with Crippen molar-refractivity contribution in [1.29, 1.82) is 0 Å². The molecule has 0 atom stereocenters. The van der Waals surface area contributed by atoms with Gasteiger partial charge in [0.1, 0.15) is 5.60 Å². The van der Waals surface area contributed by atoms with Gasteiger partial charge in [-0.05, 0) is 57.9 Å². The number of amides is 1. The molecular weight excluding hydrogens is 252 g/mol. The second-order valence-electron chi connectivity index (χ2n) is 6.60. The Bertz CT molecular complexity index is 479. The molecular formula is C16H24N2O2. The molecule has 1 amide bonds. The van der Waals surface area contributed by atoms with Crippen LogP contribution in [0.25, 0.3) is 0 Å². The van der Waals surface area contributed by atoms with E-state index in [0.29, 0.717) is 19.1 Å². The third kappa shape index (κ3) is 3.89. The molecule has 20 heavy (non-hydrogen) atoms. The van der Waals surface area contributed by atoms with Gasteiger partial charge in [0.15, 0.2) is 0 Å². The number of aryl methyl sites for hydroxylation is 2. The van der Waals surface area contributed by atoms with E-state index in [2.05, 4.69) is 37.4 Å². The second-order valence-corrected chi connectivity index (χ2v) is 6.60. The monoisotopic (exact) mass is 276 g/mol. The summed E-state index contributed by atoms with van der Waals surface area (Å²) in [5, 5.41) is 3.46. The molecule has 2 rings (SSSR count). The first-order valence-electron chi connectivity index (χ1n) is 7.06. The number of hydrogen-bond donors (Lipinski definition) is 1. The highest BCUT2D eigenvalue weighted by molar-refractivity contribution is 5.69. The number of anilines is 1. The number of rotatable bonds is 2. The summed E-state index contributed by atoms with van der Waals surface area (Å²) in [5.41, 5.74) is 3.19. The van der Waals surface area contributed by atoms with Gasteiger partial charge in [-0.15, -0.1) is 0 Å². The summed E-state index contributed by atoms with van der Waals surface area (Å²) < 4.78 is 5.34. The Labute approximate surface area is 121 Å². The van der Waals surface area contributed by atoms with Crippen molar-refractivity contribution in [3.63, 3.8) is 0 Å². The number of nitrogens with zero attached hydrogens (tertiary/aromatic N) is 1. The Kier molecular flexibility index (Phi) is 3.93. The highest BCUT2D eigenvalue weighted by atomic mass is 16.6. The first kappa shape index (κ1) is 14.7. The summed E-state index contributed by atoms with van der Waals surface area (Å²) in [7, 11) is 0. The van der Waals surface area contributed by atoms with E-state index in [1.807, 2.05) is 20.8 Å². The van der Waals surface area contributed by atoms with Gasteiger partial charge in [0.25, 0.3) is 0 Å². The van der Waals surface area contributed by atoms with Crippen molar-refractivity contribution in [3.05, 3.63) is 29.3 Å². The molecule has 1 saturated heterocycles. The van der Waals surface area contributed by atoms with Gasteiger partial charge in [-0.25, -0.2) is 4.79 Å². The van der Waals surface area contributed by atoms with Crippen LogP contribution >= 0.6 is 0 Å². The maximum atomic E-state index is 11.8. The molecule has 1 aromatic rings. The van der Waals surface area contributed by atoms with E-state index in [4.69, 9.17) is 4.74 Å². The molecule has 0 spiro atoms. The molecule has 4 heteroatoms. The zero-order chi connectivity index (χ0) is 14.9. The Morgan fingerprint density at radius 1 is 1.20 bits per heavy atom. The molecule has 1 aliphatic rings. The minimum Gasteiger partial charge on any atom is -0.444 e. The average molecular weight is 276 g/mol. The first-order valence-corrected chi connectivity index (χ1v) is 7.06. The minimum atomic E-state index is -0.427. The van der Waals surface area contributed by atoms with Crippen molar-refractivity contribution in [2.75, 3.05) is 18.4 Å². The molecule has 0 aromatic heterocycles. The van der Waals surface area contributed by atoms with Crippen LogP contribution in [0.4, 0.5) is 10.5 Å². The van der Waals surface area contributed by atoms with E-state index in [0.717, 1.165) is 5.69 Å². The van der Waals surface area contributed by atoms with E-state index in [1.54, 1.807) is 4.90 Å². The highest BCUT2D eigenvalue weighted by Gasteiger charge is 2.33. The molecule has 0 bridgehead atoms. The quantitative estimate of drug-likeness (QED) is 0.900. The molecule has 1 heterocycles. The molecule has 4 nitrogen and oxygen atoms in total. The van der Waals surface area contributed by atoms with Gasteiger partial charge in [-0.3, -0.25) is 0 Å². The van der Waals surface area contributed by atoms with Gasteiger partial charge in [0.05, 0.1) is 6.04 Å². The number of hydrogen-bond acceptors (Lipinski definition) is 3. The maximum absolute atomic E-state index is 11.8. The van der Waals surface area contributed by atoms with E-state index < -0.39 is 5.60 Å². The predicted molar refractivity (Wildman–Crippen MR) is 81.1 cm³/mol. The van der Waals surface area contributed by atoms with Gasteiger partial charge < -0.3 is 15.0 Å². The zero-order valence-corrected chi connectivity index (χ0v) is 13.0.